The molecule has 2 heterocycles. The van der Waals surface area contributed by atoms with E-state index in [1.54, 1.807) is 0 Å². The van der Waals surface area contributed by atoms with Gasteiger partial charge in [-0.2, -0.15) is 0 Å². The fraction of sp³-hybridized carbons (Fsp3) is 0.941. The average molecular weight is 327 g/mol. The SMILES string of the molecule is CC(C)(C)[C@@H]1C[C@H](NC(=O)NCCCN2CCOCC2)CCO1. The number of nitrogens with one attached hydrogen (secondary N) is 2. The Hall–Kier alpha value is -0.850. The third-order valence-electron chi connectivity index (χ3n) is 4.63. The van der Waals surface area contributed by atoms with Crippen molar-refractivity contribution in [2.75, 3.05) is 46.0 Å². The van der Waals surface area contributed by atoms with Crippen molar-refractivity contribution in [3.8, 4) is 0 Å². The maximum atomic E-state index is 12.0. The van der Waals surface area contributed by atoms with Gasteiger partial charge in [-0.15, -0.1) is 0 Å². The fourth-order valence-electron chi connectivity index (χ4n) is 3.10. The minimum absolute atomic E-state index is 0.0495. The van der Waals surface area contributed by atoms with E-state index in [1.807, 2.05) is 0 Å². The second-order valence-corrected chi connectivity index (χ2v) is 7.65. The number of morpholine rings is 1. The molecule has 2 amide bonds. The van der Waals surface area contributed by atoms with Crippen LogP contribution in [0.5, 0.6) is 0 Å². The van der Waals surface area contributed by atoms with Gasteiger partial charge in [-0.1, -0.05) is 20.8 Å². The van der Waals surface area contributed by atoms with Crippen LogP contribution in [0, 0.1) is 5.41 Å². The molecule has 0 aromatic rings. The Kier molecular flexibility index (Phi) is 7.11. The van der Waals surface area contributed by atoms with Gasteiger partial charge in [-0.05, 0) is 31.2 Å². The standard InChI is InChI=1S/C17H33N3O3/c1-17(2,3)15-13-14(5-10-23-15)19-16(21)18-6-4-7-20-8-11-22-12-9-20/h14-15H,4-13H2,1-3H3,(H2,18,19,21)/t14-,15+/m1/s1. The molecular weight excluding hydrogens is 294 g/mol. The van der Waals surface area contributed by atoms with Crippen LogP contribution in [0.1, 0.15) is 40.0 Å². The second-order valence-electron chi connectivity index (χ2n) is 7.65. The minimum Gasteiger partial charge on any atom is -0.379 e. The van der Waals surface area contributed by atoms with Crippen LogP contribution in [0.25, 0.3) is 0 Å². The van der Waals surface area contributed by atoms with Gasteiger partial charge in [0.05, 0.1) is 19.3 Å². The molecule has 2 fully saturated rings. The van der Waals surface area contributed by atoms with E-state index in [-0.39, 0.29) is 23.6 Å². The molecule has 0 aromatic heterocycles. The van der Waals surface area contributed by atoms with Gasteiger partial charge >= 0.3 is 6.03 Å². The highest BCUT2D eigenvalue weighted by atomic mass is 16.5. The maximum Gasteiger partial charge on any atom is 0.315 e. The summed E-state index contributed by atoms with van der Waals surface area (Å²) in [5.41, 5.74) is 0.120. The van der Waals surface area contributed by atoms with Crippen molar-refractivity contribution in [1.82, 2.24) is 15.5 Å². The highest BCUT2D eigenvalue weighted by molar-refractivity contribution is 5.74. The summed E-state index contributed by atoms with van der Waals surface area (Å²) in [7, 11) is 0. The molecular formula is C17H33N3O3. The fourth-order valence-corrected chi connectivity index (χ4v) is 3.10. The number of hydrogen-bond donors (Lipinski definition) is 2. The quantitative estimate of drug-likeness (QED) is 0.753. The van der Waals surface area contributed by atoms with E-state index in [0.29, 0.717) is 0 Å². The molecule has 2 rings (SSSR count). The molecule has 2 N–H and O–H groups in total. The van der Waals surface area contributed by atoms with Crippen LogP contribution in [0.2, 0.25) is 0 Å². The van der Waals surface area contributed by atoms with Crippen molar-refractivity contribution >= 4 is 6.03 Å². The van der Waals surface area contributed by atoms with E-state index in [4.69, 9.17) is 9.47 Å². The zero-order valence-electron chi connectivity index (χ0n) is 14.9. The summed E-state index contributed by atoms with van der Waals surface area (Å²) in [6.07, 6.45) is 2.98. The van der Waals surface area contributed by atoms with Gasteiger partial charge in [-0.3, -0.25) is 4.90 Å². The lowest BCUT2D eigenvalue weighted by molar-refractivity contribution is -0.0565. The predicted octanol–water partition coefficient (Wildman–Crippen LogP) is 1.60. The van der Waals surface area contributed by atoms with Gasteiger partial charge < -0.3 is 20.1 Å². The van der Waals surface area contributed by atoms with Crippen LogP contribution >= 0.6 is 0 Å². The molecule has 6 heteroatoms. The first-order chi connectivity index (χ1) is 10.9. The summed E-state index contributed by atoms with van der Waals surface area (Å²) < 4.78 is 11.2. The van der Waals surface area contributed by atoms with E-state index >= 15 is 0 Å². The average Bonchev–Trinajstić information content (AvgIpc) is 2.52. The number of rotatable bonds is 5. The van der Waals surface area contributed by atoms with E-state index in [2.05, 4.69) is 36.3 Å². The maximum absolute atomic E-state index is 12.0. The highest BCUT2D eigenvalue weighted by Gasteiger charge is 2.32. The zero-order chi connectivity index (χ0) is 16.7. The number of nitrogens with zero attached hydrogens (tertiary/aromatic N) is 1. The molecule has 0 bridgehead atoms. The lowest BCUT2D eigenvalue weighted by atomic mass is 9.83. The number of ether oxygens (including phenoxy) is 2. The van der Waals surface area contributed by atoms with Crippen LogP contribution in [0.15, 0.2) is 0 Å². The van der Waals surface area contributed by atoms with E-state index in [1.165, 1.54) is 0 Å². The van der Waals surface area contributed by atoms with Gasteiger partial charge in [0.2, 0.25) is 0 Å². The summed E-state index contributed by atoms with van der Waals surface area (Å²) in [4.78, 5) is 14.4. The Morgan fingerprint density at radius 2 is 1.96 bits per heavy atom. The van der Waals surface area contributed by atoms with Crippen molar-refractivity contribution in [3.05, 3.63) is 0 Å². The van der Waals surface area contributed by atoms with Crippen LogP contribution < -0.4 is 10.6 Å². The number of hydrogen-bond acceptors (Lipinski definition) is 4. The van der Waals surface area contributed by atoms with E-state index < -0.39 is 0 Å². The van der Waals surface area contributed by atoms with Crippen LogP contribution in [-0.4, -0.2) is 69.1 Å². The van der Waals surface area contributed by atoms with Gasteiger partial charge in [0, 0.05) is 32.3 Å². The van der Waals surface area contributed by atoms with Crippen LogP contribution in [-0.2, 0) is 9.47 Å². The smallest absolute Gasteiger partial charge is 0.315 e. The topological polar surface area (TPSA) is 62.8 Å². The molecule has 0 aromatic carbocycles. The van der Waals surface area contributed by atoms with Crippen molar-refractivity contribution in [3.63, 3.8) is 0 Å². The molecule has 0 saturated carbocycles. The normalized spacial score (nSPS) is 26.7. The molecule has 0 aliphatic carbocycles. The number of carbonyl (C=O) groups is 1. The first-order valence-electron chi connectivity index (χ1n) is 8.91. The Balaban J connectivity index is 1.58. The van der Waals surface area contributed by atoms with Gasteiger partial charge in [0.15, 0.2) is 0 Å². The van der Waals surface area contributed by atoms with Crippen molar-refractivity contribution < 1.29 is 14.3 Å². The molecule has 0 spiro atoms. The third-order valence-corrected chi connectivity index (χ3v) is 4.63. The molecule has 2 aliphatic heterocycles. The van der Waals surface area contributed by atoms with E-state index in [0.717, 1.165) is 65.3 Å². The zero-order valence-corrected chi connectivity index (χ0v) is 14.9. The van der Waals surface area contributed by atoms with Gasteiger partial charge in [-0.25, -0.2) is 4.79 Å². The lowest BCUT2D eigenvalue weighted by Crippen LogP contribution is -2.49. The van der Waals surface area contributed by atoms with Gasteiger partial charge in [0.25, 0.3) is 0 Å². The summed E-state index contributed by atoms with van der Waals surface area (Å²) >= 11 is 0. The number of amides is 2. The molecule has 6 nitrogen and oxygen atoms in total. The minimum atomic E-state index is -0.0495. The van der Waals surface area contributed by atoms with Crippen LogP contribution in [0.3, 0.4) is 0 Å². The molecule has 0 radical (unpaired) electrons. The first kappa shape index (κ1) is 18.5. The number of urea groups is 1. The predicted molar refractivity (Wildman–Crippen MR) is 90.6 cm³/mol. The Morgan fingerprint density at radius 1 is 1.22 bits per heavy atom. The molecule has 0 unspecified atom stereocenters. The largest absolute Gasteiger partial charge is 0.379 e. The first-order valence-corrected chi connectivity index (χ1v) is 8.91. The third kappa shape index (κ3) is 6.65. The Labute approximate surface area is 140 Å². The molecule has 2 aliphatic rings. The van der Waals surface area contributed by atoms with E-state index in [9.17, 15) is 4.79 Å². The summed E-state index contributed by atoms with van der Waals surface area (Å²) in [5.74, 6) is 0. The summed E-state index contributed by atoms with van der Waals surface area (Å²) in [6, 6.07) is 0.166. The highest BCUT2D eigenvalue weighted by Crippen LogP contribution is 2.29. The molecule has 23 heavy (non-hydrogen) atoms. The van der Waals surface area contributed by atoms with Crippen molar-refractivity contribution in [2.24, 2.45) is 5.41 Å². The second kappa shape index (κ2) is 8.85. The summed E-state index contributed by atoms with van der Waals surface area (Å²) in [6.45, 7) is 12.7. The monoisotopic (exact) mass is 327 g/mol. The number of carbonyl (C=O) groups excluding carboxylic acids is 1. The summed E-state index contributed by atoms with van der Waals surface area (Å²) in [5, 5.41) is 6.07. The Bertz CT molecular complexity index is 365. The lowest BCUT2D eigenvalue weighted by Gasteiger charge is -2.37. The molecule has 2 saturated heterocycles. The van der Waals surface area contributed by atoms with Crippen LogP contribution in [0.4, 0.5) is 4.79 Å². The van der Waals surface area contributed by atoms with Crippen molar-refractivity contribution in [1.29, 1.82) is 0 Å². The Morgan fingerprint density at radius 3 is 2.65 bits per heavy atom. The molecule has 2 atom stereocenters. The van der Waals surface area contributed by atoms with Crippen molar-refractivity contribution in [2.45, 2.75) is 52.2 Å². The van der Waals surface area contributed by atoms with Gasteiger partial charge in [0.1, 0.15) is 0 Å². The molecule has 134 valence electrons.